The Morgan fingerprint density at radius 2 is 1.25 bits per heavy atom. The second-order valence-electron chi connectivity index (χ2n) is 7.05. The van der Waals surface area contributed by atoms with Gasteiger partial charge in [0, 0.05) is 5.69 Å². The smallest absolute Gasteiger partial charge is 0.355 e. The number of hydrogen-bond donors (Lipinski definition) is 2. The van der Waals surface area contributed by atoms with Gasteiger partial charge in [0.05, 0.1) is 17.2 Å². The molecule has 2 nitrogen and oxygen atoms in total. The molecule has 0 aliphatic rings. The maximum Gasteiger partial charge on any atom is 0.416 e. The first-order valence-electron chi connectivity index (χ1n) is 9.48. The molecule has 3 aromatic carbocycles. The second-order valence-corrected chi connectivity index (χ2v) is 7.45. The molecule has 2 N–H and O–H groups in total. The van der Waals surface area contributed by atoms with Gasteiger partial charge in [-0.15, -0.1) is 0 Å². The molecule has 0 heterocycles. The van der Waals surface area contributed by atoms with Gasteiger partial charge in [-0.1, -0.05) is 60.7 Å². The van der Waals surface area contributed by atoms with Crippen LogP contribution >= 0.6 is 12.2 Å². The van der Waals surface area contributed by atoms with Gasteiger partial charge in [0.2, 0.25) is 0 Å². The fourth-order valence-corrected chi connectivity index (χ4v) is 3.40. The zero-order valence-electron chi connectivity index (χ0n) is 16.5. The van der Waals surface area contributed by atoms with E-state index in [1.54, 1.807) is 0 Å². The number of halogens is 6. The third kappa shape index (κ3) is 6.46. The molecule has 1 unspecified atom stereocenters. The van der Waals surface area contributed by atoms with Crippen molar-refractivity contribution in [2.24, 2.45) is 0 Å². The summed E-state index contributed by atoms with van der Waals surface area (Å²) in [5.74, 6) is 0. The van der Waals surface area contributed by atoms with Gasteiger partial charge >= 0.3 is 12.4 Å². The van der Waals surface area contributed by atoms with Gasteiger partial charge in [0.15, 0.2) is 5.11 Å². The molecule has 0 bridgehead atoms. The Morgan fingerprint density at radius 3 is 1.75 bits per heavy atom. The van der Waals surface area contributed by atoms with E-state index >= 15 is 0 Å². The SMILES string of the molecule is FC(F)(F)c1cc(NC(=S)NC(Cc2ccccc2)c2ccccc2)cc(C(F)(F)F)c1. The van der Waals surface area contributed by atoms with Gasteiger partial charge in [0.25, 0.3) is 0 Å². The lowest BCUT2D eigenvalue weighted by Crippen LogP contribution is -2.33. The van der Waals surface area contributed by atoms with Crippen LogP contribution in [0.3, 0.4) is 0 Å². The van der Waals surface area contributed by atoms with Gasteiger partial charge < -0.3 is 10.6 Å². The highest BCUT2D eigenvalue weighted by molar-refractivity contribution is 7.80. The number of nitrogens with one attached hydrogen (secondary N) is 2. The zero-order chi connectivity index (χ0) is 23.4. The van der Waals surface area contributed by atoms with Gasteiger partial charge in [-0.25, -0.2) is 0 Å². The maximum absolute atomic E-state index is 13.1. The zero-order valence-corrected chi connectivity index (χ0v) is 17.3. The van der Waals surface area contributed by atoms with Crippen LogP contribution in [0.2, 0.25) is 0 Å². The molecule has 32 heavy (non-hydrogen) atoms. The number of hydrogen-bond acceptors (Lipinski definition) is 1. The summed E-state index contributed by atoms with van der Waals surface area (Å²) < 4.78 is 78.6. The average molecular weight is 468 g/mol. The van der Waals surface area contributed by atoms with E-state index in [0.29, 0.717) is 18.6 Å². The number of rotatable bonds is 5. The van der Waals surface area contributed by atoms with E-state index in [1.807, 2.05) is 60.7 Å². The summed E-state index contributed by atoms with van der Waals surface area (Å²) >= 11 is 5.22. The average Bonchev–Trinajstić information content (AvgIpc) is 2.73. The van der Waals surface area contributed by atoms with Crippen molar-refractivity contribution < 1.29 is 26.3 Å². The topological polar surface area (TPSA) is 24.1 Å². The Bertz CT molecular complexity index is 1020. The fourth-order valence-electron chi connectivity index (χ4n) is 3.14. The molecule has 0 saturated heterocycles. The lowest BCUT2D eigenvalue weighted by atomic mass is 9.99. The quantitative estimate of drug-likeness (QED) is 0.312. The van der Waals surface area contributed by atoms with Crippen LogP contribution < -0.4 is 10.6 Å². The van der Waals surface area contributed by atoms with Gasteiger partial charge in [-0.2, -0.15) is 26.3 Å². The van der Waals surface area contributed by atoms with E-state index in [2.05, 4.69) is 10.6 Å². The first-order chi connectivity index (χ1) is 15.0. The van der Waals surface area contributed by atoms with Crippen LogP contribution in [0.5, 0.6) is 0 Å². The highest BCUT2D eigenvalue weighted by Gasteiger charge is 2.37. The minimum Gasteiger partial charge on any atom is -0.355 e. The maximum atomic E-state index is 13.1. The molecular weight excluding hydrogens is 450 g/mol. The predicted molar refractivity (Wildman–Crippen MR) is 115 cm³/mol. The molecule has 0 saturated carbocycles. The molecule has 3 rings (SSSR count). The van der Waals surface area contributed by atoms with Crippen molar-refractivity contribution >= 4 is 23.0 Å². The van der Waals surface area contributed by atoms with Crippen LogP contribution in [0.15, 0.2) is 78.9 Å². The van der Waals surface area contributed by atoms with E-state index in [4.69, 9.17) is 12.2 Å². The molecular formula is C23H18F6N2S. The third-order valence-corrected chi connectivity index (χ3v) is 4.86. The molecule has 0 spiro atoms. The molecule has 0 aliphatic carbocycles. The summed E-state index contributed by atoms with van der Waals surface area (Å²) in [5.41, 5.74) is -1.39. The van der Waals surface area contributed by atoms with E-state index in [-0.39, 0.29) is 17.2 Å². The van der Waals surface area contributed by atoms with E-state index in [1.165, 1.54) is 0 Å². The lowest BCUT2D eigenvalue weighted by molar-refractivity contribution is -0.143. The summed E-state index contributed by atoms with van der Waals surface area (Å²) in [7, 11) is 0. The summed E-state index contributed by atoms with van der Waals surface area (Å²) in [4.78, 5) is 0. The molecule has 1 atom stereocenters. The molecule has 0 radical (unpaired) electrons. The Morgan fingerprint density at radius 1 is 0.750 bits per heavy atom. The minimum atomic E-state index is -4.94. The molecule has 9 heteroatoms. The number of alkyl halides is 6. The van der Waals surface area contributed by atoms with Crippen LogP contribution in [-0.2, 0) is 18.8 Å². The highest BCUT2D eigenvalue weighted by atomic mass is 32.1. The Kier molecular flexibility index (Phi) is 7.08. The standard InChI is InChI=1S/C23H18F6N2S/c24-22(25,26)17-12-18(23(27,28)29)14-19(13-17)30-21(32)31-20(16-9-5-2-6-10-16)11-15-7-3-1-4-8-15/h1-10,12-14,20H,11H2,(H2,30,31,32). The number of benzene rings is 3. The summed E-state index contributed by atoms with van der Waals surface area (Å²) in [6.07, 6.45) is -9.37. The van der Waals surface area contributed by atoms with Crippen molar-refractivity contribution in [3.63, 3.8) is 0 Å². The van der Waals surface area contributed by atoms with Crippen molar-refractivity contribution in [2.75, 3.05) is 5.32 Å². The Labute approximate surface area is 186 Å². The van der Waals surface area contributed by atoms with Crippen molar-refractivity contribution in [3.8, 4) is 0 Å². The fraction of sp³-hybridized carbons (Fsp3) is 0.174. The summed E-state index contributed by atoms with van der Waals surface area (Å²) in [6.45, 7) is 0. The van der Waals surface area contributed by atoms with E-state index in [9.17, 15) is 26.3 Å². The highest BCUT2D eigenvalue weighted by Crippen LogP contribution is 2.37. The first-order valence-corrected chi connectivity index (χ1v) is 9.89. The Balaban J connectivity index is 1.84. The number of thiocarbonyl (C=S) groups is 1. The normalized spacial score (nSPS) is 12.8. The van der Waals surface area contributed by atoms with Crippen molar-refractivity contribution in [1.29, 1.82) is 0 Å². The van der Waals surface area contributed by atoms with Crippen LogP contribution in [0, 0.1) is 0 Å². The second kappa shape index (κ2) is 9.60. The lowest BCUT2D eigenvalue weighted by Gasteiger charge is -2.22. The molecule has 0 aliphatic heterocycles. The van der Waals surface area contributed by atoms with Crippen LogP contribution in [-0.4, -0.2) is 5.11 Å². The third-order valence-electron chi connectivity index (χ3n) is 4.64. The van der Waals surface area contributed by atoms with E-state index in [0.717, 1.165) is 11.1 Å². The van der Waals surface area contributed by atoms with Crippen molar-refractivity contribution in [3.05, 3.63) is 101 Å². The first kappa shape index (κ1) is 23.6. The van der Waals surface area contributed by atoms with Gasteiger partial charge in [-0.3, -0.25) is 0 Å². The summed E-state index contributed by atoms with van der Waals surface area (Å²) in [5, 5.41) is 5.38. The monoisotopic (exact) mass is 468 g/mol. The van der Waals surface area contributed by atoms with Gasteiger partial charge in [-0.05, 0) is 48.0 Å². The van der Waals surface area contributed by atoms with Crippen LogP contribution in [0.4, 0.5) is 32.0 Å². The largest absolute Gasteiger partial charge is 0.416 e. The van der Waals surface area contributed by atoms with E-state index < -0.39 is 29.2 Å². The van der Waals surface area contributed by atoms with Crippen molar-refractivity contribution in [1.82, 2.24) is 5.32 Å². The molecule has 3 aromatic rings. The number of anilines is 1. The van der Waals surface area contributed by atoms with Crippen LogP contribution in [0.25, 0.3) is 0 Å². The Hall–Kier alpha value is -3.07. The summed E-state index contributed by atoms with van der Waals surface area (Å²) in [6, 6.07) is 19.5. The molecule has 0 aromatic heterocycles. The predicted octanol–water partition coefficient (Wildman–Crippen LogP) is 6.99. The van der Waals surface area contributed by atoms with Crippen LogP contribution in [0.1, 0.15) is 28.3 Å². The molecule has 0 fully saturated rings. The van der Waals surface area contributed by atoms with Crippen molar-refractivity contribution in [2.45, 2.75) is 24.8 Å². The molecule has 168 valence electrons. The molecule has 0 amide bonds. The minimum absolute atomic E-state index is 0.0732. The van der Waals surface area contributed by atoms with Gasteiger partial charge in [0.1, 0.15) is 0 Å².